The molecule has 1 saturated carbocycles. The molecule has 0 N–H and O–H groups in total. The van der Waals surface area contributed by atoms with Crippen LogP contribution in [-0.4, -0.2) is 36.9 Å². The molecule has 0 aromatic rings. The van der Waals surface area contributed by atoms with E-state index in [4.69, 9.17) is 11.6 Å². The summed E-state index contributed by atoms with van der Waals surface area (Å²) in [6, 6.07) is 0.0389. The first-order valence-electron chi connectivity index (χ1n) is 5.53. The summed E-state index contributed by atoms with van der Waals surface area (Å²) in [5.41, 5.74) is 0. The van der Waals surface area contributed by atoms with Gasteiger partial charge in [0.2, 0.25) is 10.0 Å². The van der Waals surface area contributed by atoms with E-state index in [1.807, 2.05) is 13.8 Å². The standard InChI is InChI=1S/C10H20ClNO2S/c1-9(2)12(7-3-6-11)15(13,14)8-10-4-5-10/h9-10H,3-8H2,1-2H3. The zero-order chi connectivity index (χ0) is 11.5. The van der Waals surface area contributed by atoms with Crippen molar-refractivity contribution in [1.29, 1.82) is 0 Å². The summed E-state index contributed by atoms with van der Waals surface area (Å²) in [5, 5.41) is 0. The minimum atomic E-state index is -3.06. The van der Waals surface area contributed by atoms with Gasteiger partial charge in [-0.2, -0.15) is 4.31 Å². The van der Waals surface area contributed by atoms with Crippen LogP contribution >= 0.6 is 11.6 Å². The van der Waals surface area contributed by atoms with Crippen LogP contribution in [0.2, 0.25) is 0 Å². The molecule has 1 aliphatic rings. The van der Waals surface area contributed by atoms with Crippen LogP contribution in [0, 0.1) is 5.92 Å². The summed E-state index contributed by atoms with van der Waals surface area (Å²) in [4.78, 5) is 0. The van der Waals surface area contributed by atoms with Crippen LogP contribution in [0.15, 0.2) is 0 Å². The van der Waals surface area contributed by atoms with Crippen molar-refractivity contribution in [2.75, 3.05) is 18.2 Å². The molecule has 0 aliphatic heterocycles. The predicted octanol–water partition coefficient (Wildman–Crippen LogP) is 2.07. The fourth-order valence-electron chi connectivity index (χ4n) is 1.61. The van der Waals surface area contributed by atoms with Crippen LogP contribution in [0.25, 0.3) is 0 Å². The predicted molar refractivity (Wildman–Crippen MR) is 63.7 cm³/mol. The first-order valence-corrected chi connectivity index (χ1v) is 7.67. The second-order valence-corrected chi connectivity index (χ2v) is 6.81. The van der Waals surface area contributed by atoms with Crippen molar-refractivity contribution in [1.82, 2.24) is 4.31 Å². The van der Waals surface area contributed by atoms with Gasteiger partial charge in [-0.25, -0.2) is 8.42 Å². The normalized spacial score (nSPS) is 17.7. The number of rotatable bonds is 7. The van der Waals surface area contributed by atoms with Gasteiger partial charge in [0.05, 0.1) is 5.75 Å². The van der Waals surface area contributed by atoms with Crippen LogP contribution in [0.1, 0.15) is 33.1 Å². The molecular formula is C10H20ClNO2S. The molecule has 0 bridgehead atoms. The summed E-state index contributed by atoms with van der Waals surface area (Å²) in [7, 11) is -3.06. The van der Waals surface area contributed by atoms with Gasteiger partial charge in [-0.1, -0.05) is 0 Å². The molecule has 0 aromatic heterocycles. The molecule has 0 heterocycles. The van der Waals surface area contributed by atoms with E-state index in [0.717, 1.165) is 19.3 Å². The van der Waals surface area contributed by atoms with Crippen molar-refractivity contribution in [3.63, 3.8) is 0 Å². The number of nitrogens with zero attached hydrogens (tertiary/aromatic N) is 1. The Morgan fingerprint density at radius 1 is 1.40 bits per heavy atom. The van der Waals surface area contributed by atoms with Crippen LogP contribution in [0.3, 0.4) is 0 Å². The number of hydrogen-bond donors (Lipinski definition) is 0. The molecule has 0 spiro atoms. The van der Waals surface area contributed by atoms with E-state index in [1.165, 1.54) is 0 Å². The summed E-state index contributed by atoms with van der Waals surface area (Å²) < 4.78 is 25.6. The quantitative estimate of drug-likeness (QED) is 0.652. The molecule has 5 heteroatoms. The lowest BCUT2D eigenvalue weighted by molar-refractivity contribution is 0.354. The van der Waals surface area contributed by atoms with Crippen molar-refractivity contribution in [2.24, 2.45) is 5.92 Å². The molecule has 0 atom stereocenters. The van der Waals surface area contributed by atoms with Crippen LogP contribution < -0.4 is 0 Å². The molecule has 0 unspecified atom stereocenters. The van der Waals surface area contributed by atoms with Gasteiger partial charge in [0, 0.05) is 18.5 Å². The molecule has 0 radical (unpaired) electrons. The molecule has 0 aromatic carbocycles. The van der Waals surface area contributed by atoms with E-state index in [1.54, 1.807) is 4.31 Å². The van der Waals surface area contributed by atoms with Crippen LogP contribution in [-0.2, 0) is 10.0 Å². The number of halogens is 1. The third-order valence-electron chi connectivity index (χ3n) is 2.59. The van der Waals surface area contributed by atoms with E-state index in [0.29, 0.717) is 24.1 Å². The third-order valence-corrected chi connectivity index (χ3v) is 5.07. The smallest absolute Gasteiger partial charge is 0.212 e. The first kappa shape index (κ1) is 13.3. The Balaban J connectivity index is 2.59. The number of alkyl halides is 1. The summed E-state index contributed by atoms with van der Waals surface area (Å²) in [5.74, 6) is 1.25. The largest absolute Gasteiger partial charge is 0.214 e. The molecule has 1 aliphatic carbocycles. The lowest BCUT2D eigenvalue weighted by Gasteiger charge is -2.25. The van der Waals surface area contributed by atoms with Crippen molar-refractivity contribution in [3.8, 4) is 0 Å². The fourth-order valence-corrected chi connectivity index (χ4v) is 3.90. The van der Waals surface area contributed by atoms with Gasteiger partial charge in [0.1, 0.15) is 0 Å². The Kier molecular flexibility index (Phi) is 4.87. The highest BCUT2D eigenvalue weighted by Gasteiger charge is 2.32. The van der Waals surface area contributed by atoms with Gasteiger partial charge in [0.15, 0.2) is 0 Å². The third kappa shape index (κ3) is 4.29. The van der Waals surface area contributed by atoms with Crippen molar-refractivity contribution in [2.45, 2.75) is 39.2 Å². The second kappa shape index (κ2) is 5.51. The maximum Gasteiger partial charge on any atom is 0.214 e. The number of hydrogen-bond acceptors (Lipinski definition) is 2. The second-order valence-electron chi connectivity index (χ2n) is 4.47. The van der Waals surface area contributed by atoms with Crippen molar-refractivity contribution in [3.05, 3.63) is 0 Å². The Bertz CT molecular complexity index is 286. The van der Waals surface area contributed by atoms with Gasteiger partial charge < -0.3 is 0 Å². The van der Waals surface area contributed by atoms with Gasteiger partial charge in [-0.15, -0.1) is 11.6 Å². The van der Waals surface area contributed by atoms with E-state index in [2.05, 4.69) is 0 Å². The van der Waals surface area contributed by atoms with E-state index >= 15 is 0 Å². The molecule has 0 saturated heterocycles. The molecular weight excluding hydrogens is 234 g/mol. The zero-order valence-electron chi connectivity index (χ0n) is 9.45. The van der Waals surface area contributed by atoms with Gasteiger partial charge in [-0.3, -0.25) is 0 Å². The summed E-state index contributed by atoms with van der Waals surface area (Å²) in [6.07, 6.45) is 2.87. The monoisotopic (exact) mass is 253 g/mol. The van der Waals surface area contributed by atoms with Crippen molar-refractivity contribution >= 4 is 21.6 Å². The SMILES string of the molecule is CC(C)N(CCCCl)S(=O)(=O)CC1CC1. The van der Waals surface area contributed by atoms with Crippen LogP contribution in [0.5, 0.6) is 0 Å². The Hall–Kier alpha value is 0.200. The maximum atomic E-state index is 12.0. The minimum Gasteiger partial charge on any atom is -0.212 e. The molecule has 0 amide bonds. The minimum absolute atomic E-state index is 0.0389. The van der Waals surface area contributed by atoms with Gasteiger partial charge in [0.25, 0.3) is 0 Å². The topological polar surface area (TPSA) is 37.4 Å². The molecule has 15 heavy (non-hydrogen) atoms. The van der Waals surface area contributed by atoms with E-state index < -0.39 is 10.0 Å². The van der Waals surface area contributed by atoms with Crippen LogP contribution in [0.4, 0.5) is 0 Å². The molecule has 3 nitrogen and oxygen atoms in total. The average Bonchev–Trinajstić information content (AvgIpc) is 2.87. The molecule has 1 rings (SSSR count). The molecule has 90 valence electrons. The maximum absolute atomic E-state index is 12.0. The summed E-state index contributed by atoms with van der Waals surface area (Å²) >= 11 is 5.60. The lowest BCUT2D eigenvalue weighted by Crippen LogP contribution is -2.39. The fraction of sp³-hybridized carbons (Fsp3) is 1.00. The highest BCUT2D eigenvalue weighted by Crippen LogP contribution is 2.31. The highest BCUT2D eigenvalue weighted by molar-refractivity contribution is 7.89. The Morgan fingerprint density at radius 3 is 2.40 bits per heavy atom. The first-order chi connectivity index (χ1) is 6.97. The van der Waals surface area contributed by atoms with Crippen molar-refractivity contribution < 1.29 is 8.42 Å². The lowest BCUT2D eigenvalue weighted by atomic mass is 10.4. The highest BCUT2D eigenvalue weighted by atomic mass is 35.5. The zero-order valence-corrected chi connectivity index (χ0v) is 11.0. The average molecular weight is 254 g/mol. The van der Waals surface area contributed by atoms with E-state index in [9.17, 15) is 8.42 Å². The van der Waals surface area contributed by atoms with Gasteiger partial charge in [-0.05, 0) is 39.0 Å². The Morgan fingerprint density at radius 2 is 2.00 bits per heavy atom. The molecule has 1 fully saturated rings. The van der Waals surface area contributed by atoms with E-state index in [-0.39, 0.29) is 6.04 Å². The van der Waals surface area contributed by atoms with Gasteiger partial charge >= 0.3 is 0 Å². The number of sulfonamides is 1. The summed E-state index contributed by atoms with van der Waals surface area (Å²) in [6.45, 7) is 4.38. The Labute approximate surface area is 97.8 Å².